The van der Waals surface area contributed by atoms with Crippen molar-refractivity contribution < 1.29 is 39.6 Å². The molecule has 4 aliphatic carbocycles. The van der Waals surface area contributed by atoms with Crippen molar-refractivity contribution in [3.8, 4) is 16.9 Å². The van der Waals surface area contributed by atoms with Gasteiger partial charge in [0.25, 0.3) is 5.91 Å². The van der Waals surface area contributed by atoms with E-state index in [0.717, 1.165) is 29.5 Å². The van der Waals surface area contributed by atoms with Gasteiger partial charge in [0.05, 0.1) is 5.56 Å². The van der Waals surface area contributed by atoms with Gasteiger partial charge in [0.1, 0.15) is 28.6 Å². The van der Waals surface area contributed by atoms with Gasteiger partial charge in [-0.05, 0) is 77.3 Å². The van der Waals surface area contributed by atoms with E-state index in [1.54, 1.807) is 0 Å². The van der Waals surface area contributed by atoms with Gasteiger partial charge in [0, 0.05) is 30.3 Å². The number of hydrogen-bond acceptors (Lipinski definition) is 8. The van der Waals surface area contributed by atoms with Crippen molar-refractivity contribution in [1.82, 2.24) is 0 Å². The molecule has 4 aliphatic rings. The molecule has 0 unspecified atom stereocenters. The lowest BCUT2D eigenvalue weighted by molar-refractivity contribution is -0.147. The Kier molecular flexibility index (Phi) is 6.88. The first-order valence-electron chi connectivity index (χ1n) is 15.1. The third-order valence-electron chi connectivity index (χ3n) is 9.88. The van der Waals surface area contributed by atoms with E-state index in [9.17, 15) is 39.6 Å². The van der Waals surface area contributed by atoms with E-state index in [-0.39, 0.29) is 66.1 Å². The minimum Gasteiger partial charge on any atom is -0.508 e. The molecule has 2 fully saturated rings. The Balaban J connectivity index is 1.51. The second-order valence-electron chi connectivity index (χ2n) is 13.8. The van der Waals surface area contributed by atoms with E-state index in [4.69, 9.17) is 5.73 Å². The second-order valence-corrected chi connectivity index (χ2v) is 13.8. The van der Waals surface area contributed by atoms with E-state index in [2.05, 4.69) is 20.8 Å². The quantitative estimate of drug-likeness (QED) is 0.305. The van der Waals surface area contributed by atoms with Gasteiger partial charge < -0.3 is 26.2 Å². The topological polar surface area (TPSA) is 175 Å². The van der Waals surface area contributed by atoms with Crippen molar-refractivity contribution in [2.75, 3.05) is 0 Å². The number of amides is 1. The molecule has 9 heteroatoms. The van der Waals surface area contributed by atoms with Crippen molar-refractivity contribution in [3.05, 3.63) is 69.5 Å². The largest absolute Gasteiger partial charge is 0.508 e. The number of aliphatic hydroxyl groups is 3. The fraction of sp³-hybridized carbons (Fsp3) is 0.429. The zero-order valence-corrected chi connectivity index (χ0v) is 25.1. The van der Waals surface area contributed by atoms with Gasteiger partial charge in [-0.1, -0.05) is 45.0 Å². The van der Waals surface area contributed by atoms with Crippen LogP contribution in [0.3, 0.4) is 0 Å². The van der Waals surface area contributed by atoms with Gasteiger partial charge >= 0.3 is 0 Å². The zero-order valence-electron chi connectivity index (χ0n) is 25.1. The molecule has 3 atom stereocenters. The molecule has 44 heavy (non-hydrogen) atoms. The first-order valence-corrected chi connectivity index (χ1v) is 15.1. The van der Waals surface area contributed by atoms with Crippen LogP contribution >= 0.6 is 0 Å². The predicted octanol–water partition coefficient (Wildman–Crippen LogP) is 4.30. The lowest BCUT2D eigenvalue weighted by Crippen LogP contribution is -2.58. The minimum atomic E-state index is -2.62. The number of primary amides is 1. The summed E-state index contributed by atoms with van der Waals surface area (Å²) in [4.78, 5) is 51.1. The average Bonchev–Trinajstić information content (AvgIpc) is 3.80. The SMILES string of the molecule is CC(C)(C)c1ccc(-c2cc(CCC(=O)C3CC3)c(O)c3c2C[C@H]2C[C@H]4CC(=O)C(C(N)=O)=C(O)[C@@]4(O)C(=O)C2=C3O)cc1. The molecule has 1 amide bonds. The number of ketones is 3. The Morgan fingerprint density at radius 2 is 1.68 bits per heavy atom. The van der Waals surface area contributed by atoms with Crippen LogP contribution in [0.15, 0.2) is 47.2 Å². The predicted molar refractivity (Wildman–Crippen MR) is 162 cm³/mol. The van der Waals surface area contributed by atoms with Crippen LogP contribution in [0, 0.1) is 17.8 Å². The van der Waals surface area contributed by atoms with Gasteiger partial charge in [0.15, 0.2) is 11.4 Å². The molecule has 2 aromatic carbocycles. The maximum absolute atomic E-state index is 13.9. The number of rotatable bonds is 6. The molecule has 9 nitrogen and oxygen atoms in total. The minimum absolute atomic E-state index is 0.0448. The van der Waals surface area contributed by atoms with Crippen LogP contribution < -0.4 is 5.73 Å². The molecule has 0 aromatic heterocycles. The fourth-order valence-corrected chi connectivity index (χ4v) is 7.21. The normalized spacial score (nSPS) is 25.0. The number of aryl methyl sites for hydroxylation is 1. The third kappa shape index (κ3) is 4.56. The first kappa shape index (κ1) is 29.8. The van der Waals surface area contributed by atoms with Crippen molar-refractivity contribution >= 4 is 29.0 Å². The van der Waals surface area contributed by atoms with Crippen molar-refractivity contribution in [2.24, 2.45) is 23.5 Å². The van der Waals surface area contributed by atoms with E-state index < -0.39 is 52.0 Å². The van der Waals surface area contributed by atoms with Gasteiger partial charge in [-0.15, -0.1) is 0 Å². The van der Waals surface area contributed by atoms with Crippen molar-refractivity contribution in [3.63, 3.8) is 0 Å². The number of hydrogen-bond donors (Lipinski definition) is 5. The van der Waals surface area contributed by atoms with Gasteiger partial charge in [-0.3, -0.25) is 19.2 Å². The monoisotopic (exact) mass is 599 g/mol. The Morgan fingerprint density at radius 3 is 2.27 bits per heavy atom. The zero-order chi connectivity index (χ0) is 31.9. The fourth-order valence-electron chi connectivity index (χ4n) is 7.21. The lowest BCUT2D eigenvalue weighted by atomic mass is 9.59. The number of Topliss-reactive ketones (excluding diaryl/α,β-unsaturated/α-hetero) is 3. The highest BCUT2D eigenvalue weighted by Gasteiger charge is 2.60. The summed E-state index contributed by atoms with van der Waals surface area (Å²) in [6, 6.07) is 9.84. The number of fused-ring (bicyclic) bond motifs is 3. The van der Waals surface area contributed by atoms with Crippen LogP contribution in [-0.4, -0.2) is 49.3 Å². The maximum atomic E-state index is 13.9. The highest BCUT2D eigenvalue weighted by atomic mass is 16.3. The Bertz CT molecular complexity index is 1700. The molecule has 0 spiro atoms. The van der Waals surface area contributed by atoms with Crippen LogP contribution in [0.25, 0.3) is 16.9 Å². The number of aliphatic hydroxyl groups excluding tert-OH is 2. The molecule has 2 saturated carbocycles. The third-order valence-corrected chi connectivity index (χ3v) is 9.88. The summed E-state index contributed by atoms with van der Waals surface area (Å²) in [6.45, 7) is 6.33. The number of aromatic hydroxyl groups is 1. The summed E-state index contributed by atoms with van der Waals surface area (Å²) in [5.74, 6) is -6.42. The Morgan fingerprint density at radius 1 is 1.02 bits per heavy atom. The average molecular weight is 600 g/mol. The molecule has 6 rings (SSSR count). The molecule has 6 N–H and O–H groups in total. The molecule has 0 saturated heterocycles. The summed E-state index contributed by atoms with van der Waals surface area (Å²) < 4.78 is 0. The second kappa shape index (κ2) is 10.2. The number of phenols is 1. The molecule has 2 aromatic rings. The summed E-state index contributed by atoms with van der Waals surface area (Å²) in [5, 5.41) is 45.6. The Hall–Kier alpha value is -4.24. The van der Waals surface area contributed by atoms with Crippen LogP contribution in [0.1, 0.15) is 75.1 Å². The van der Waals surface area contributed by atoms with Crippen molar-refractivity contribution in [2.45, 2.75) is 76.7 Å². The number of benzene rings is 2. The smallest absolute Gasteiger partial charge is 0.255 e. The maximum Gasteiger partial charge on any atom is 0.255 e. The summed E-state index contributed by atoms with van der Waals surface area (Å²) >= 11 is 0. The highest BCUT2D eigenvalue weighted by molar-refractivity contribution is 6.22. The van der Waals surface area contributed by atoms with Gasteiger partial charge in [0.2, 0.25) is 5.78 Å². The van der Waals surface area contributed by atoms with Crippen LogP contribution in [0.2, 0.25) is 0 Å². The lowest BCUT2D eigenvalue weighted by Gasteiger charge is -2.46. The molecule has 0 radical (unpaired) electrons. The van der Waals surface area contributed by atoms with Gasteiger partial charge in [-0.25, -0.2) is 0 Å². The summed E-state index contributed by atoms with van der Waals surface area (Å²) in [5.41, 5.74) is 5.37. The van der Waals surface area contributed by atoms with E-state index in [1.807, 2.05) is 30.3 Å². The number of phenolic OH excluding ortho intramolecular Hbond substituents is 1. The van der Waals surface area contributed by atoms with E-state index in [1.165, 1.54) is 0 Å². The molecule has 0 heterocycles. The molecule has 230 valence electrons. The van der Waals surface area contributed by atoms with Crippen LogP contribution in [0.4, 0.5) is 0 Å². The number of carbonyl (C=O) groups is 4. The summed E-state index contributed by atoms with van der Waals surface area (Å²) in [7, 11) is 0. The van der Waals surface area contributed by atoms with Crippen LogP contribution in [0.5, 0.6) is 5.75 Å². The number of nitrogens with two attached hydrogens (primary N) is 1. The number of carbonyl (C=O) groups excluding carboxylic acids is 4. The van der Waals surface area contributed by atoms with Crippen molar-refractivity contribution in [1.29, 1.82) is 0 Å². The van der Waals surface area contributed by atoms with Crippen LogP contribution in [-0.2, 0) is 37.4 Å². The molecular formula is C35H37NO8. The molecule has 0 aliphatic heterocycles. The van der Waals surface area contributed by atoms with Gasteiger partial charge in [-0.2, -0.15) is 0 Å². The molecular weight excluding hydrogens is 562 g/mol. The molecule has 0 bridgehead atoms. The van der Waals surface area contributed by atoms with E-state index >= 15 is 0 Å². The standard InChI is InChI=1S/C35H37NO8/c1-34(2,3)20-9-6-16(7-10-20)22-13-18(8-11-24(37)17-4-5-17)29(39)27-23(22)14-19-12-21-15-25(38)28(33(36)43)32(42)35(21,44)31(41)26(19)30(27)40/h6-7,9-10,13,17,19,21,39-40,42,44H,4-5,8,11-12,14-15H2,1-3H3,(H2,36,43)/t19-,21+,35+/m1/s1. The summed E-state index contributed by atoms with van der Waals surface area (Å²) in [6.07, 6.45) is 2.09. The first-order chi connectivity index (χ1) is 20.6. The van der Waals surface area contributed by atoms with E-state index in [0.29, 0.717) is 11.1 Å². The Labute approximate surface area is 255 Å². The highest BCUT2D eigenvalue weighted by Crippen LogP contribution is 2.53.